The van der Waals surface area contributed by atoms with Crippen molar-refractivity contribution in [3.8, 4) is 0 Å². The van der Waals surface area contributed by atoms with Gasteiger partial charge in [0.1, 0.15) is 11.6 Å². The third-order valence-corrected chi connectivity index (χ3v) is 4.22. The van der Waals surface area contributed by atoms with Gasteiger partial charge in [0.25, 0.3) is 0 Å². The molecule has 1 aliphatic rings. The van der Waals surface area contributed by atoms with Crippen LogP contribution in [0.4, 0.5) is 8.78 Å². The quantitative estimate of drug-likeness (QED) is 0.849. The van der Waals surface area contributed by atoms with Crippen molar-refractivity contribution in [3.63, 3.8) is 0 Å². The van der Waals surface area contributed by atoms with Gasteiger partial charge in [-0.2, -0.15) is 0 Å². The molecule has 0 spiro atoms. The highest BCUT2D eigenvalue weighted by molar-refractivity contribution is 5.83. The van der Waals surface area contributed by atoms with Crippen molar-refractivity contribution in [2.24, 2.45) is 17.6 Å². The first kappa shape index (κ1) is 16.9. The number of halogens is 2. The molecule has 1 aromatic rings. The van der Waals surface area contributed by atoms with E-state index in [-0.39, 0.29) is 17.7 Å². The largest absolute Gasteiger partial charge is 0.349 e. The predicted octanol–water partition coefficient (Wildman–Crippen LogP) is 2.95. The number of amides is 1. The minimum atomic E-state index is -0.478. The Kier molecular flexibility index (Phi) is 4.85. The van der Waals surface area contributed by atoms with Gasteiger partial charge in [0.05, 0.1) is 0 Å². The SMILES string of the molecule is CC(C)CC(C)(CN)NC(=O)C1CC1c1cc(F)ccc1F. The fourth-order valence-corrected chi connectivity index (χ4v) is 3.10. The lowest BCUT2D eigenvalue weighted by Gasteiger charge is -2.31. The minimum Gasteiger partial charge on any atom is -0.349 e. The molecule has 1 aliphatic carbocycles. The molecule has 0 saturated heterocycles. The molecule has 5 heteroatoms. The van der Waals surface area contributed by atoms with Gasteiger partial charge in [0.15, 0.2) is 0 Å². The number of carbonyl (C=O) groups excluding carboxylic acids is 1. The molecule has 122 valence electrons. The van der Waals surface area contributed by atoms with Gasteiger partial charge in [-0.05, 0) is 55.4 Å². The molecule has 1 aromatic carbocycles. The van der Waals surface area contributed by atoms with E-state index < -0.39 is 17.2 Å². The number of nitrogens with one attached hydrogen (secondary N) is 1. The summed E-state index contributed by atoms with van der Waals surface area (Å²) in [7, 11) is 0. The predicted molar refractivity (Wildman–Crippen MR) is 82.3 cm³/mol. The van der Waals surface area contributed by atoms with Gasteiger partial charge in [-0.25, -0.2) is 8.78 Å². The summed E-state index contributed by atoms with van der Waals surface area (Å²) in [6.45, 7) is 6.41. The van der Waals surface area contributed by atoms with E-state index in [9.17, 15) is 13.6 Å². The second-order valence-electron chi connectivity index (χ2n) is 6.97. The first-order valence-corrected chi connectivity index (χ1v) is 7.73. The highest BCUT2D eigenvalue weighted by Crippen LogP contribution is 2.48. The number of rotatable bonds is 6. The van der Waals surface area contributed by atoms with E-state index in [4.69, 9.17) is 5.73 Å². The van der Waals surface area contributed by atoms with Gasteiger partial charge in [-0.1, -0.05) is 13.8 Å². The maximum atomic E-state index is 13.8. The van der Waals surface area contributed by atoms with E-state index in [0.29, 0.717) is 24.4 Å². The normalized spacial score (nSPS) is 23.2. The number of nitrogens with two attached hydrogens (primary N) is 1. The van der Waals surface area contributed by atoms with E-state index in [2.05, 4.69) is 19.2 Å². The molecule has 1 amide bonds. The van der Waals surface area contributed by atoms with Crippen molar-refractivity contribution >= 4 is 5.91 Å². The Balaban J connectivity index is 2.02. The van der Waals surface area contributed by atoms with Crippen molar-refractivity contribution in [1.29, 1.82) is 0 Å². The fourth-order valence-electron chi connectivity index (χ4n) is 3.10. The molecule has 0 aromatic heterocycles. The lowest BCUT2D eigenvalue weighted by Crippen LogP contribution is -2.52. The Morgan fingerprint density at radius 1 is 1.45 bits per heavy atom. The lowest BCUT2D eigenvalue weighted by molar-refractivity contribution is -0.124. The maximum absolute atomic E-state index is 13.8. The molecule has 2 rings (SSSR count). The smallest absolute Gasteiger partial charge is 0.224 e. The van der Waals surface area contributed by atoms with Gasteiger partial charge in [0, 0.05) is 18.0 Å². The molecule has 3 atom stereocenters. The summed E-state index contributed by atoms with van der Waals surface area (Å²) in [5.41, 5.74) is 5.62. The Hall–Kier alpha value is -1.49. The van der Waals surface area contributed by atoms with Crippen molar-refractivity contribution < 1.29 is 13.6 Å². The number of benzene rings is 1. The molecular formula is C17H24F2N2O. The van der Waals surface area contributed by atoms with Crippen LogP contribution < -0.4 is 11.1 Å². The van der Waals surface area contributed by atoms with Gasteiger partial charge in [-0.3, -0.25) is 4.79 Å². The van der Waals surface area contributed by atoms with Crippen LogP contribution in [-0.4, -0.2) is 18.0 Å². The second kappa shape index (κ2) is 6.32. The zero-order valence-electron chi connectivity index (χ0n) is 13.3. The van der Waals surface area contributed by atoms with Crippen LogP contribution in [0.2, 0.25) is 0 Å². The van der Waals surface area contributed by atoms with Crippen LogP contribution in [-0.2, 0) is 4.79 Å². The fraction of sp³-hybridized carbons (Fsp3) is 0.588. The first-order chi connectivity index (χ1) is 10.3. The Labute approximate surface area is 130 Å². The van der Waals surface area contributed by atoms with Crippen molar-refractivity contribution in [3.05, 3.63) is 35.4 Å². The average molecular weight is 310 g/mol. The van der Waals surface area contributed by atoms with E-state index >= 15 is 0 Å². The lowest BCUT2D eigenvalue weighted by atomic mass is 9.90. The molecule has 1 saturated carbocycles. The van der Waals surface area contributed by atoms with Crippen molar-refractivity contribution in [2.75, 3.05) is 6.54 Å². The Morgan fingerprint density at radius 3 is 2.73 bits per heavy atom. The summed E-state index contributed by atoms with van der Waals surface area (Å²) < 4.78 is 27.0. The van der Waals surface area contributed by atoms with Crippen LogP contribution >= 0.6 is 0 Å². The van der Waals surface area contributed by atoms with Crippen LogP contribution in [0.5, 0.6) is 0 Å². The molecule has 0 heterocycles. The van der Waals surface area contributed by atoms with Crippen LogP contribution in [0.3, 0.4) is 0 Å². The highest BCUT2D eigenvalue weighted by Gasteiger charge is 2.46. The second-order valence-corrected chi connectivity index (χ2v) is 6.97. The van der Waals surface area contributed by atoms with Gasteiger partial charge in [-0.15, -0.1) is 0 Å². The van der Waals surface area contributed by atoms with Crippen molar-refractivity contribution in [2.45, 2.75) is 45.1 Å². The van der Waals surface area contributed by atoms with E-state index in [1.807, 2.05) is 6.92 Å². The molecule has 3 nitrogen and oxygen atoms in total. The van der Waals surface area contributed by atoms with E-state index in [1.54, 1.807) is 0 Å². The summed E-state index contributed by atoms with van der Waals surface area (Å²) in [4.78, 5) is 12.4. The Morgan fingerprint density at radius 2 is 2.14 bits per heavy atom. The summed E-state index contributed by atoms with van der Waals surface area (Å²) in [5, 5.41) is 2.99. The minimum absolute atomic E-state index is 0.123. The van der Waals surface area contributed by atoms with Crippen LogP contribution in [0.25, 0.3) is 0 Å². The highest BCUT2D eigenvalue weighted by atomic mass is 19.1. The summed E-state index contributed by atoms with van der Waals surface area (Å²) in [6.07, 6.45) is 1.33. The standard InChI is InChI=1S/C17H24F2N2O/c1-10(2)8-17(3,9-20)21-16(22)14-7-12(14)13-6-11(18)4-5-15(13)19/h4-6,10,12,14H,7-9,20H2,1-3H3,(H,21,22). The molecule has 0 bridgehead atoms. The zero-order valence-corrected chi connectivity index (χ0v) is 13.3. The van der Waals surface area contributed by atoms with Crippen LogP contribution in [0.15, 0.2) is 18.2 Å². The molecule has 1 fully saturated rings. The molecule has 0 aliphatic heterocycles. The van der Waals surface area contributed by atoms with E-state index in [1.165, 1.54) is 6.07 Å². The molecular weight excluding hydrogens is 286 g/mol. The van der Waals surface area contributed by atoms with Gasteiger partial charge in [0.2, 0.25) is 5.91 Å². The topological polar surface area (TPSA) is 55.1 Å². The summed E-state index contributed by atoms with van der Waals surface area (Å²) >= 11 is 0. The zero-order chi connectivity index (χ0) is 16.5. The first-order valence-electron chi connectivity index (χ1n) is 7.73. The molecule has 3 unspecified atom stereocenters. The average Bonchev–Trinajstić information content (AvgIpc) is 3.21. The molecule has 0 radical (unpaired) electrons. The Bertz CT molecular complexity index is 562. The monoisotopic (exact) mass is 310 g/mol. The summed E-state index contributed by atoms with van der Waals surface area (Å²) in [6, 6.07) is 3.38. The maximum Gasteiger partial charge on any atom is 0.224 e. The van der Waals surface area contributed by atoms with Crippen molar-refractivity contribution in [1.82, 2.24) is 5.32 Å². The molecule has 22 heavy (non-hydrogen) atoms. The third-order valence-electron chi connectivity index (χ3n) is 4.22. The summed E-state index contributed by atoms with van der Waals surface area (Å²) in [5.74, 6) is -1.18. The van der Waals surface area contributed by atoms with Gasteiger partial charge < -0.3 is 11.1 Å². The number of carbonyl (C=O) groups is 1. The number of hydrogen-bond donors (Lipinski definition) is 2. The van der Waals surface area contributed by atoms with Crippen LogP contribution in [0, 0.1) is 23.5 Å². The third kappa shape index (κ3) is 3.83. The number of hydrogen-bond acceptors (Lipinski definition) is 2. The molecule has 3 N–H and O–H groups in total. The van der Waals surface area contributed by atoms with Crippen LogP contribution in [0.1, 0.15) is 45.1 Å². The van der Waals surface area contributed by atoms with Gasteiger partial charge >= 0.3 is 0 Å². The van der Waals surface area contributed by atoms with E-state index in [0.717, 1.165) is 18.6 Å².